The molecular formula is C22H32N3O4. The molecule has 7 nitrogen and oxygen atoms in total. The van der Waals surface area contributed by atoms with E-state index in [0.717, 1.165) is 44.4 Å². The first-order chi connectivity index (χ1) is 13.8. The Bertz CT molecular complexity index is 744. The Balaban J connectivity index is 1.46. The number of carbonyl (C=O) groups excluding carboxylic acids is 1. The first kappa shape index (κ1) is 20.4. The van der Waals surface area contributed by atoms with Crippen molar-refractivity contribution in [3.8, 4) is 5.88 Å². The van der Waals surface area contributed by atoms with Gasteiger partial charge in [0.05, 0.1) is 24.5 Å². The first-order valence-corrected chi connectivity index (χ1v) is 10.7. The van der Waals surface area contributed by atoms with Crippen LogP contribution in [0.25, 0.3) is 0 Å². The molecule has 2 unspecified atom stereocenters. The number of aromatic nitrogens is 2. The first-order valence-electron chi connectivity index (χ1n) is 10.7. The quantitative estimate of drug-likeness (QED) is 0.767. The molecule has 1 aromatic heterocycles. The number of nitrogens with zero attached hydrogens (tertiary/aromatic N) is 3. The number of rotatable bonds is 3. The molecule has 0 bridgehead atoms. The van der Waals surface area contributed by atoms with E-state index in [1.54, 1.807) is 17.3 Å². The molecule has 3 heterocycles. The van der Waals surface area contributed by atoms with Crippen LogP contribution in [-0.4, -0.2) is 58.5 Å². The fourth-order valence-corrected chi connectivity index (χ4v) is 4.31. The van der Waals surface area contributed by atoms with E-state index < -0.39 is 5.60 Å². The average molecular weight is 403 g/mol. The van der Waals surface area contributed by atoms with Crippen LogP contribution < -0.4 is 4.74 Å². The highest BCUT2D eigenvalue weighted by molar-refractivity contribution is 5.68. The van der Waals surface area contributed by atoms with Gasteiger partial charge in [0.15, 0.2) is 0 Å². The van der Waals surface area contributed by atoms with Crippen LogP contribution >= 0.6 is 0 Å². The Morgan fingerprint density at radius 1 is 1.31 bits per heavy atom. The highest BCUT2D eigenvalue weighted by Crippen LogP contribution is 2.54. The van der Waals surface area contributed by atoms with E-state index in [1.165, 1.54) is 0 Å². The van der Waals surface area contributed by atoms with Crippen molar-refractivity contribution in [2.75, 3.05) is 19.7 Å². The molecule has 3 atom stereocenters. The zero-order valence-corrected chi connectivity index (χ0v) is 17.7. The van der Waals surface area contributed by atoms with Gasteiger partial charge in [0, 0.05) is 30.7 Å². The van der Waals surface area contributed by atoms with Crippen molar-refractivity contribution in [1.29, 1.82) is 0 Å². The van der Waals surface area contributed by atoms with Gasteiger partial charge in [0.2, 0.25) is 5.88 Å². The zero-order chi connectivity index (χ0) is 20.6. The van der Waals surface area contributed by atoms with Crippen LogP contribution in [0.5, 0.6) is 5.88 Å². The van der Waals surface area contributed by atoms with Crippen molar-refractivity contribution in [3.63, 3.8) is 0 Å². The predicted octanol–water partition coefficient (Wildman–Crippen LogP) is 3.74. The van der Waals surface area contributed by atoms with Gasteiger partial charge in [-0.25, -0.2) is 9.78 Å². The molecule has 1 aliphatic carbocycles. The highest BCUT2D eigenvalue weighted by atomic mass is 16.6. The van der Waals surface area contributed by atoms with Crippen molar-refractivity contribution in [2.24, 2.45) is 5.41 Å². The minimum absolute atomic E-state index is 0.0912. The van der Waals surface area contributed by atoms with Crippen LogP contribution in [0.3, 0.4) is 0 Å². The Morgan fingerprint density at radius 3 is 2.79 bits per heavy atom. The van der Waals surface area contributed by atoms with Gasteiger partial charge < -0.3 is 19.1 Å². The van der Waals surface area contributed by atoms with Crippen molar-refractivity contribution in [3.05, 3.63) is 25.0 Å². The van der Waals surface area contributed by atoms with E-state index >= 15 is 0 Å². The number of hydrogen-bond donors (Lipinski definition) is 0. The summed E-state index contributed by atoms with van der Waals surface area (Å²) in [6.45, 7) is 11.7. The van der Waals surface area contributed by atoms with Crippen LogP contribution in [0.4, 0.5) is 4.79 Å². The molecule has 4 rings (SSSR count). The Labute approximate surface area is 173 Å². The summed E-state index contributed by atoms with van der Waals surface area (Å²) >= 11 is 0. The van der Waals surface area contributed by atoms with Gasteiger partial charge in [-0.05, 0) is 59.8 Å². The van der Waals surface area contributed by atoms with Crippen molar-refractivity contribution in [2.45, 2.75) is 76.6 Å². The third kappa shape index (κ3) is 4.65. The third-order valence-electron chi connectivity index (χ3n) is 6.21. The van der Waals surface area contributed by atoms with Crippen LogP contribution in [0.2, 0.25) is 0 Å². The lowest BCUT2D eigenvalue weighted by Gasteiger charge is -2.39. The van der Waals surface area contributed by atoms with E-state index in [-0.39, 0.29) is 29.6 Å². The maximum absolute atomic E-state index is 12.5. The zero-order valence-electron chi connectivity index (χ0n) is 17.7. The molecule has 1 saturated carbocycles. The molecule has 3 fully saturated rings. The summed E-state index contributed by atoms with van der Waals surface area (Å²) in [5.41, 5.74) is 0.514. The Morgan fingerprint density at radius 2 is 2.10 bits per heavy atom. The van der Waals surface area contributed by atoms with Crippen molar-refractivity contribution < 1.29 is 19.0 Å². The molecule has 7 heteroatoms. The molecule has 0 N–H and O–H groups in total. The largest absolute Gasteiger partial charge is 0.471 e. The SMILES string of the molecule is [CH2]C1OCCCC1c1cncc(O[C@H]2CN(C(=O)OC(C)(C)C)CCC23CC3)n1. The molecule has 29 heavy (non-hydrogen) atoms. The standard InChI is InChI=1S/C22H32N3O4/c1-15-16(6-5-11-27-15)17-12-23-13-19(24-17)28-18-14-25(10-9-22(18)7-8-22)20(26)29-21(2,3)4/h12-13,15-16,18H,1,5-11,14H2,2-4H3/t15?,16?,18-/m0/s1. The lowest BCUT2D eigenvalue weighted by molar-refractivity contribution is -0.0123. The molecule has 1 aromatic rings. The van der Waals surface area contributed by atoms with E-state index in [0.29, 0.717) is 19.0 Å². The van der Waals surface area contributed by atoms with Crippen molar-refractivity contribution in [1.82, 2.24) is 14.9 Å². The second kappa shape index (κ2) is 7.74. The normalized spacial score (nSPS) is 28.8. The number of hydrogen-bond acceptors (Lipinski definition) is 6. The number of likely N-dealkylation sites (tertiary alicyclic amines) is 1. The Hall–Kier alpha value is -1.89. The molecule has 1 spiro atoms. The van der Waals surface area contributed by atoms with Crippen LogP contribution in [0.1, 0.15) is 64.5 Å². The van der Waals surface area contributed by atoms with E-state index in [9.17, 15) is 4.79 Å². The fourth-order valence-electron chi connectivity index (χ4n) is 4.31. The number of carbonyl (C=O) groups is 1. The topological polar surface area (TPSA) is 73.8 Å². The van der Waals surface area contributed by atoms with Gasteiger partial charge in [0.1, 0.15) is 11.7 Å². The van der Waals surface area contributed by atoms with E-state index in [4.69, 9.17) is 19.2 Å². The third-order valence-corrected chi connectivity index (χ3v) is 6.21. The maximum Gasteiger partial charge on any atom is 0.410 e. The van der Waals surface area contributed by atoms with Gasteiger partial charge in [-0.3, -0.25) is 4.98 Å². The lowest BCUT2D eigenvalue weighted by atomic mass is 9.90. The van der Waals surface area contributed by atoms with Gasteiger partial charge in [-0.1, -0.05) is 0 Å². The number of ether oxygens (including phenoxy) is 3. The van der Waals surface area contributed by atoms with Gasteiger partial charge in [0.25, 0.3) is 0 Å². The van der Waals surface area contributed by atoms with E-state index in [1.807, 2.05) is 20.8 Å². The van der Waals surface area contributed by atoms with Crippen molar-refractivity contribution >= 4 is 6.09 Å². The second-order valence-corrected chi connectivity index (χ2v) is 9.59. The van der Waals surface area contributed by atoms with Crippen LogP contribution in [0, 0.1) is 12.3 Å². The molecule has 2 saturated heterocycles. The number of amides is 1. The summed E-state index contributed by atoms with van der Waals surface area (Å²) in [5, 5.41) is 0. The molecule has 1 amide bonds. The molecule has 159 valence electrons. The summed E-state index contributed by atoms with van der Waals surface area (Å²) in [5.74, 6) is 0.655. The highest BCUT2D eigenvalue weighted by Gasteiger charge is 2.54. The van der Waals surface area contributed by atoms with E-state index in [2.05, 4.69) is 11.9 Å². The molecular weight excluding hydrogens is 370 g/mol. The average Bonchev–Trinajstić information content (AvgIpc) is 3.43. The minimum Gasteiger partial charge on any atom is -0.471 e. The van der Waals surface area contributed by atoms with Crippen LogP contribution in [-0.2, 0) is 9.47 Å². The summed E-state index contributed by atoms with van der Waals surface area (Å²) in [4.78, 5) is 23.4. The summed E-state index contributed by atoms with van der Waals surface area (Å²) in [7, 11) is 0. The van der Waals surface area contributed by atoms with Gasteiger partial charge >= 0.3 is 6.09 Å². The Kier molecular flexibility index (Phi) is 5.44. The molecule has 3 aliphatic rings. The second-order valence-electron chi connectivity index (χ2n) is 9.59. The van der Waals surface area contributed by atoms with Gasteiger partial charge in [-0.15, -0.1) is 0 Å². The predicted molar refractivity (Wildman–Crippen MR) is 108 cm³/mol. The smallest absolute Gasteiger partial charge is 0.410 e. The summed E-state index contributed by atoms with van der Waals surface area (Å²) < 4.78 is 17.6. The maximum atomic E-state index is 12.5. The molecule has 0 aromatic carbocycles. The molecule has 2 aliphatic heterocycles. The lowest BCUT2D eigenvalue weighted by Crippen LogP contribution is -2.51. The fraction of sp³-hybridized carbons (Fsp3) is 0.727. The van der Waals surface area contributed by atoms with Crippen LogP contribution in [0.15, 0.2) is 12.4 Å². The minimum atomic E-state index is -0.505. The molecule has 1 radical (unpaired) electrons. The summed E-state index contributed by atoms with van der Waals surface area (Å²) in [6.07, 6.45) is 8.15. The summed E-state index contributed by atoms with van der Waals surface area (Å²) in [6, 6.07) is 0. The monoisotopic (exact) mass is 402 g/mol. The number of piperidine rings is 1. The van der Waals surface area contributed by atoms with Gasteiger partial charge in [-0.2, -0.15) is 0 Å².